The third kappa shape index (κ3) is 3.31. The first-order chi connectivity index (χ1) is 6.81. The number of aryl methyl sites for hydroxylation is 1. The molecule has 0 aliphatic rings. The summed E-state index contributed by atoms with van der Waals surface area (Å²) in [6.45, 7) is 0.132. The molecule has 0 bridgehead atoms. The molecular weight excluding hydrogens is 288 g/mol. The van der Waals surface area contributed by atoms with E-state index in [-0.39, 0.29) is 22.5 Å². The van der Waals surface area contributed by atoms with E-state index in [0.717, 1.165) is 6.26 Å². The maximum atomic E-state index is 10.9. The Balaban J connectivity index is 2.84. The largest absolute Gasteiger partial charge is 0.478 e. The third-order valence-electron chi connectivity index (χ3n) is 1.68. The molecule has 1 aromatic rings. The van der Waals surface area contributed by atoms with Crippen molar-refractivity contribution in [1.82, 2.24) is 9.78 Å². The van der Waals surface area contributed by atoms with E-state index in [2.05, 4.69) is 21.0 Å². The van der Waals surface area contributed by atoms with Gasteiger partial charge in [-0.15, -0.1) is 0 Å². The van der Waals surface area contributed by atoms with Gasteiger partial charge in [0, 0.05) is 6.26 Å². The summed E-state index contributed by atoms with van der Waals surface area (Å²) in [5.74, 6) is -1.18. The number of halogens is 1. The van der Waals surface area contributed by atoms with Gasteiger partial charge in [0.05, 0.1) is 18.5 Å². The number of sulfone groups is 1. The van der Waals surface area contributed by atoms with Gasteiger partial charge in [-0.05, 0) is 15.9 Å². The summed E-state index contributed by atoms with van der Waals surface area (Å²) in [7, 11) is -3.08. The van der Waals surface area contributed by atoms with Crippen LogP contribution in [0.15, 0.2) is 10.8 Å². The second kappa shape index (κ2) is 4.31. The molecule has 0 amide bonds. The molecule has 0 atom stereocenters. The van der Waals surface area contributed by atoms with Crippen LogP contribution < -0.4 is 0 Å². The van der Waals surface area contributed by atoms with Gasteiger partial charge in [-0.1, -0.05) is 0 Å². The summed E-state index contributed by atoms with van der Waals surface area (Å²) in [5.41, 5.74) is 0.0171. The van der Waals surface area contributed by atoms with Crippen molar-refractivity contribution in [3.8, 4) is 0 Å². The molecule has 6 nitrogen and oxygen atoms in total. The summed E-state index contributed by atoms with van der Waals surface area (Å²) < 4.78 is 23.3. The number of carboxylic acids is 1. The molecule has 1 rings (SSSR count). The normalized spacial score (nSPS) is 11.6. The number of nitrogens with zero attached hydrogens (tertiary/aromatic N) is 2. The molecule has 0 aliphatic heterocycles. The van der Waals surface area contributed by atoms with Crippen molar-refractivity contribution < 1.29 is 18.3 Å². The Hall–Kier alpha value is -0.890. The molecule has 0 unspecified atom stereocenters. The van der Waals surface area contributed by atoms with Crippen molar-refractivity contribution >= 4 is 31.7 Å². The van der Waals surface area contributed by atoms with Crippen LogP contribution in [0.2, 0.25) is 0 Å². The van der Waals surface area contributed by atoms with Crippen molar-refractivity contribution in [2.75, 3.05) is 12.0 Å². The zero-order chi connectivity index (χ0) is 11.6. The quantitative estimate of drug-likeness (QED) is 0.868. The number of carboxylic acid groups (broad SMARTS) is 1. The van der Waals surface area contributed by atoms with Crippen LogP contribution in [-0.4, -0.2) is 41.3 Å². The Kier molecular flexibility index (Phi) is 3.50. The molecule has 1 aromatic heterocycles. The summed E-state index contributed by atoms with van der Waals surface area (Å²) in [4.78, 5) is 10.6. The van der Waals surface area contributed by atoms with Crippen LogP contribution >= 0.6 is 15.9 Å². The lowest BCUT2D eigenvalue weighted by Crippen LogP contribution is -2.12. The van der Waals surface area contributed by atoms with Gasteiger partial charge < -0.3 is 5.11 Å². The summed E-state index contributed by atoms with van der Waals surface area (Å²) in [6.07, 6.45) is 2.29. The van der Waals surface area contributed by atoms with Crippen LogP contribution in [0.1, 0.15) is 10.4 Å². The number of hydrogen-bond donors (Lipinski definition) is 1. The van der Waals surface area contributed by atoms with Gasteiger partial charge in [-0.2, -0.15) is 5.10 Å². The fourth-order valence-electron chi connectivity index (χ4n) is 0.922. The standard InChI is InChI=1S/C7H9BrN2O4S/c1-15(13,14)3-2-10-6(8)5(4-9-10)7(11)12/h4H,2-3H2,1H3,(H,11,12). The first-order valence-electron chi connectivity index (χ1n) is 3.93. The predicted molar refractivity (Wildman–Crippen MR) is 56.6 cm³/mol. The molecule has 0 spiro atoms. The molecule has 0 fully saturated rings. The van der Waals surface area contributed by atoms with Crippen molar-refractivity contribution in [1.29, 1.82) is 0 Å². The van der Waals surface area contributed by atoms with Crippen LogP contribution in [0.5, 0.6) is 0 Å². The lowest BCUT2D eigenvalue weighted by atomic mass is 10.4. The monoisotopic (exact) mass is 296 g/mol. The maximum absolute atomic E-state index is 10.9. The minimum Gasteiger partial charge on any atom is -0.478 e. The van der Waals surface area contributed by atoms with E-state index in [1.807, 2.05) is 0 Å². The zero-order valence-corrected chi connectivity index (χ0v) is 10.2. The molecular formula is C7H9BrN2O4S. The third-order valence-corrected chi connectivity index (χ3v) is 3.44. The van der Waals surface area contributed by atoms with Crippen LogP contribution in [0.25, 0.3) is 0 Å². The molecule has 0 aromatic carbocycles. The fraction of sp³-hybridized carbons (Fsp3) is 0.429. The number of carbonyl (C=O) groups is 1. The van der Waals surface area contributed by atoms with E-state index >= 15 is 0 Å². The van der Waals surface area contributed by atoms with E-state index in [1.165, 1.54) is 10.9 Å². The first kappa shape index (κ1) is 12.2. The highest BCUT2D eigenvalue weighted by molar-refractivity contribution is 9.10. The number of aromatic carboxylic acids is 1. The van der Waals surface area contributed by atoms with Crippen LogP contribution in [-0.2, 0) is 16.4 Å². The first-order valence-corrected chi connectivity index (χ1v) is 6.79. The van der Waals surface area contributed by atoms with Gasteiger partial charge in [0.2, 0.25) is 0 Å². The zero-order valence-electron chi connectivity index (χ0n) is 7.84. The lowest BCUT2D eigenvalue weighted by molar-refractivity contribution is 0.0695. The van der Waals surface area contributed by atoms with E-state index in [1.54, 1.807) is 0 Å². The Morgan fingerprint density at radius 1 is 1.67 bits per heavy atom. The van der Waals surface area contributed by atoms with Gasteiger partial charge in [-0.25, -0.2) is 13.2 Å². The number of rotatable bonds is 4. The second-order valence-electron chi connectivity index (χ2n) is 3.01. The number of aromatic nitrogens is 2. The Labute approximate surface area is 94.9 Å². The second-order valence-corrected chi connectivity index (χ2v) is 6.02. The molecule has 0 saturated carbocycles. The van der Waals surface area contributed by atoms with Crippen molar-refractivity contribution in [3.05, 3.63) is 16.4 Å². The molecule has 0 aliphatic carbocycles. The van der Waals surface area contributed by atoms with Gasteiger partial charge in [-0.3, -0.25) is 4.68 Å². The molecule has 1 heterocycles. The average Bonchev–Trinajstić information content (AvgIpc) is 2.42. The molecule has 84 valence electrons. The minimum atomic E-state index is -3.08. The maximum Gasteiger partial charge on any atom is 0.340 e. The molecule has 15 heavy (non-hydrogen) atoms. The molecule has 0 saturated heterocycles. The Bertz CT molecular complexity index is 479. The van der Waals surface area contributed by atoms with Crippen molar-refractivity contribution in [2.45, 2.75) is 6.54 Å². The highest BCUT2D eigenvalue weighted by atomic mass is 79.9. The Morgan fingerprint density at radius 2 is 2.27 bits per heavy atom. The highest BCUT2D eigenvalue weighted by Gasteiger charge is 2.14. The van der Waals surface area contributed by atoms with Gasteiger partial charge >= 0.3 is 5.97 Å². The van der Waals surface area contributed by atoms with Gasteiger partial charge in [0.1, 0.15) is 20.0 Å². The summed E-state index contributed by atoms with van der Waals surface area (Å²) in [5, 5.41) is 12.5. The lowest BCUT2D eigenvalue weighted by Gasteiger charge is -2.01. The predicted octanol–water partition coefficient (Wildman–Crippen LogP) is 0.388. The van der Waals surface area contributed by atoms with E-state index in [0.29, 0.717) is 0 Å². The van der Waals surface area contributed by atoms with Crippen LogP contribution in [0.3, 0.4) is 0 Å². The Morgan fingerprint density at radius 3 is 2.67 bits per heavy atom. The van der Waals surface area contributed by atoms with Gasteiger partial charge in [0.15, 0.2) is 0 Å². The summed E-state index contributed by atoms with van der Waals surface area (Å²) in [6, 6.07) is 0. The fourth-order valence-corrected chi connectivity index (χ4v) is 1.97. The van der Waals surface area contributed by atoms with E-state index < -0.39 is 15.8 Å². The number of hydrogen-bond acceptors (Lipinski definition) is 4. The van der Waals surface area contributed by atoms with E-state index in [9.17, 15) is 13.2 Å². The molecule has 0 radical (unpaired) electrons. The van der Waals surface area contributed by atoms with Crippen LogP contribution in [0, 0.1) is 0 Å². The SMILES string of the molecule is CS(=O)(=O)CCn1ncc(C(=O)O)c1Br. The van der Waals surface area contributed by atoms with Crippen molar-refractivity contribution in [2.24, 2.45) is 0 Å². The molecule has 1 N–H and O–H groups in total. The van der Waals surface area contributed by atoms with Crippen molar-refractivity contribution in [3.63, 3.8) is 0 Å². The molecule has 8 heteroatoms. The van der Waals surface area contributed by atoms with Crippen LogP contribution in [0.4, 0.5) is 0 Å². The smallest absolute Gasteiger partial charge is 0.340 e. The topological polar surface area (TPSA) is 89.3 Å². The summed E-state index contributed by atoms with van der Waals surface area (Å²) >= 11 is 3.04. The van der Waals surface area contributed by atoms with E-state index in [4.69, 9.17) is 5.11 Å². The van der Waals surface area contributed by atoms with Gasteiger partial charge in [0.25, 0.3) is 0 Å². The minimum absolute atomic E-state index is 0.0171. The highest BCUT2D eigenvalue weighted by Crippen LogP contribution is 2.16. The average molecular weight is 297 g/mol.